The van der Waals surface area contributed by atoms with Gasteiger partial charge in [-0.2, -0.15) is 0 Å². The molecule has 1 saturated heterocycles. The van der Waals surface area contributed by atoms with E-state index in [9.17, 15) is 0 Å². The first-order valence-electron chi connectivity index (χ1n) is 7.20. The van der Waals surface area contributed by atoms with Gasteiger partial charge in [0.15, 0.2) is 0 Å². The number of allylic oxidation sites excluding steroid dienone is 1. The molecule has 2 aliphatic rings. The second kappa shape index (κ2) is 7.79. The summed E-state index contributed by atoms with van der Waals surface area (Å²) in [4.78, 5) is 0. The molecule has 122 valence electrons. The van der Waals surface area contributed by atoms with E-state index in [0.717, 1.165) is 25.7 Å². The monoisotopic (exact) mass is 356 g/mol. The number of ether oxygens (including phenoxy) is 1. The normalized spacial score (nSPS) is 38.8. The van der Waals surface area contributed by atoms with Crippen molar-refractivity contribution < 1.29 is 4.74 Å². The average molecular weight is 358 g/mol. The van der Waals surface area contributed by atoms with Gasteiger partial charge < -0.3 is 10.5 Å². The highest BCUT2D eigenvalue weighted by atomic mass is 35.6. The summed E-state index contributed by atoms with van der Waals surface area (Å²) in [7, 11) is 1.78. The Hall–Kier alpha value is 0.410. The summed E-state index contributed by atoms with van der Waals surface area (Å²) >= 11 is 17.7. The van der Waals surface area contributed by atoms with Gasteiger partial charge in [0.05, 0.1) is 12.3 Å². The van der Waals surface area contributed by atoms with Crippen molar-refractivity contribution >= 4 is 34.8 Å². The van der Waals surface area contributed by atoms with Crippen molar-refractivity contribution in [2.45, 2.75) is 54.2 Å². The van der Waals surface area contributed by atoms with E-state index in [2.05, 4.69) is 28.1 Å². The van der Waals surface area contributed by atoms with Crippen molar-refractivity contribution in [3.8, 4) is 0 Å². The van der Waals surface area contributed by atoms with Crippen molar-refractivity contribution in [2.75, 3.05) is 7.11 Å². The Balaban J connectivity index is 1.85. The molecule has 1 aliphatic heterocycles. The van der Waals surface area contributed by atoms with Crippen LogP contribution in [0.5, 0.6) is 0 Å². The molecule has 0 aromatic heterocycles. The minimum atomic E-state index is -1.46. The van der Waals surface area contributed by atoms with Gasteiger partial charge in [-0.3, -0.25) is 16.0 Å². The van der Waals surface area contributed by atoms with E-state index in [-0.39, 0.29) is 6.17 Å². The van der Waals surface area contributed by atoms with Gasteiger partial charge in [-0.05, 0) is 31.6 Å². The fourth-order valence-electron chi connectivity index (χ4n) is 2.78. The number of hydrogen-bond donors (Lipinski definition) is 4. The molecule has 2 rings (SSSR count). The Morgan fingerprint density at radius 3 is 2.29 bits per heavy atom. The van der Waals surface area contributed by atoms with Crippen LogP contribution >= 0.6 is 34.8 Å². The molecular weight excluding hydrogens is 335 g/mol. The number of hydrogen-bond acceptors (Lipinski definition) is 5. The number of methoxy groups -OCH3 is 1. The van der Waals surface area contributed by atoms with Gasteiger partial charge in [0, 0.05) is 7.11 Å². The van der Waals surface area contributed by atoms with Gasteiger partial charge in [-0.15, -0.1) is 0 Å². The maximum absolute atomic E-state index is 5.91. The molecule has 21 heavy (non-hydrogen) atoms. The smallest absolute Gasteiger partial charge is 0.218 e. The largest absolute Gasteiger partial charge is 0.381 e. The van der Waals surface area contributed by atoms with E-state index in [1.54, 1.807) is 7.11 Å². The molecule has 0 spiro atoms. The number of nitrogens with two attached hydrogens (primary N) is 1. The van der Waals surface area contributed by atoms with Gasteiger partial charge in [-0.1, -0.05) is 47.0 Å². The highest BCUT2D eigenvalue weighted by Crippen LogP contribution is 2.30. The highest BCUT2D eigenvalue weighted by molar-refractivity contribution is 6.68. The standard InChI is InChI=1S/C13H23Cl3N4O/c1-21-9-5-2-8(3-6-9)4-7-10-18-11(13(14,15)16)20-12(17)19-10/h4,7-12,18-20H,2-3,5-6,17H2,1H3. The van der Waals surface area contributed by atoms with Gasteiger partial charge in [0.1, 0.15) is 12.5 Å². The summed E-state index contributed by atoms with van der Waals surface area (Å²) in [5, 5.41) is 9.27. The lowest BCUT2D eigenvalue weighted by atomic mass is 9.87. The quantitative estimate of drug-likeness (QED) is 0.458. The minimum Gasteiger partial charge on any atom is -0.381 e. The van der Waals surface area contributed by atoms with E-state index in [1.165, 1.54) is 0 Å². The van der Waals surface area contributed by atoms with Crippen LogP contribution in [0.2, 0.25) is 0 Å². The molecule has 2 fully saturated rings. The van der Waals surface area contributed by atoms with Crippen molar-refractivity contribution in [3.05, 3.63) is 12.2 Å². The molecule has 0 bridgehead atoms. The van der Waals surface area contributed by atoms with Gasteiger partial charge in [-0.25, -0.2) is 0 Å². The minimum absolute atomic E-state index is 0.123. The first-order chi connectivity index (χ1) is 9.88. The third-order valence-corrected chi connectivity index (χ3v) is 4.66. The van der Waals surface area contributed by atoms with E-state index < -0.39 is 16.2 Å². The molecule has 1 heterocycles. The van der Waals surface area contributed by atoms with Crippen LogP contribution in [0.15, 0.2) is 12.2 Å². The zero-order chi connectivity index (χ0) is 15.5. The SMILES string of the molecule is COC1CCC(C=CC2NC(N)NC(C(Cl)(Cl)Cl)N2)CC1. The van der Waals surface area contributed by atoms with Crippen LogP contribution < -0.4 is 21.7 Å². The second-order valence-electron chi connectivity index (χ2n) is 5.59. The molecule has 8 heteroatoms. The van der Waals surface area contributed by atoms with Crippen LogP contribution in [0, 0.1) is 5.92 Å². The first kappa shape index (κ1) is 17.8. The Morgan fingerprint density at radius 1 is 1.05 bits per heavy atom. The molecule has 3 unspecified atom stereocenters. The summed E-state index contributed by atoms with van der Waals surface area (Å²) in [6.45, 7) is 0. The fraction of sp³-hybridized carbons (Fsp3) is 0.846. The lowest BCUT2D eigenvalue weighted by Gasteiger charge is -2.39. The lowest BCUT2D eigenvalue weighted by molar-refractivity contribution is 0.0626. The van der Waals surface area contributed by atoms with Crippen LogP contribution in [-0.4, -0.2) is 35.6 Å². The predicted molar refractivity (Wildman–Crippen MR) is 87.1 cm³/mol. The Morgan fingerprint density at radius 2 is 1.71 bits per heavy atom. The molecule has 1 aliphatic carbocycles. The summed E-state index contributed by atoms with van der Waals surface area (Å²) in [5.41, 5.74) is 5.87. The highest BCUT2D eigenvalue weighted by Gasteiger charge is 2.37. The second-order valence-corrected chi connectivity index (χ2v) is 7.96. The molecule has 5 N–H and O–H groups in total. The number of rotatable bonds is 3. The Labute approximate surface area is 140 Å². The maximum atomic E-state index is 5.91. The molecule has 0 aromatic rings. The van der Waals surface area contributed by atoms with Crippen LogP contribution in [0.25, 0.3) is 0 Å². The van der Waals surface area contributed by atoms with Crippen LogP contribution in [0.3, 0.4) is 0 Å². The zero-order valence-corrected chi connectivity index (χ0v) is 14.3. The Bertz CT molecular complexity index is 356. The molecule has 0 radical (unpaired) electrons. The maximum Gasteiger partial charge on any atom is 0.218 e. The van der Waals surface area contributed by atoms with Crippen molar-refractivity contribution in [2.24, 2.45) is 11.7 Å². The first-order valence-corrected chi connectivity index (χ1v) is 8.33. The number of halogens is 3. The molecular formula is C13H23Cl3N4O. The zero-order valence-electron chi connectivity index (χ0n) is 12.0. The lowest BCUT2D eigenvalue weighted by Crippen LogP contribution is -2.72. The van der Waals surface area contributed by atoms with Gasteiger partial charge in [0.2, 0.25) is 3.79 Å². The van der Waals surface area contributed by atoms with Crippen LogP contribution in [0.1, 0.15) is 25.7 Å². The Kier molecular flexibility index (Phi) is 6.59. The third kappa shape index (κ3) is 5.52. The molecule has 0 amide bonds. The van der Waals surface area contributed by atoms with Crippen LogP contribution in [-0.2, 0) is 4.74 Å². The van der Waals surface area contributed by atoms with E-state index >= 15 is 0 Å². The van der Waals surface area contributed by atoms with E-state index in [4.69, 9.17) is 45.3 Å². The van der Waals surface area contributed by atoms with Crippen molar-refractivity contribution in [1.29, 1.82) is 0 Å². The average Bonchev–Trinajstić information content (AvgIpc) is 2.44. The summed E-state index contributed by atoms with van der Waals surface area (Å²) in [5.74, 6) is 0.567. The molecule has 0 aromatic carbocycles. The topological polar surface area (TPSA) is 71.3 Å². The van der Waals surface area contributed by atoms with Gasteiger partial charge >= 0.3 is 0 Å². The fourth-order valence-corrected chi connectivity index (χ4v) is 3.16. The molecule has 5 nitrogen and oxygen atoms in total. The number of nitrogens with one attached hydrogen (secondary N) is 3. The molecule has 1 saturated carbocycles. The third-order valence-electron chi connectivity index (χ3n) is 4.01. The van der Waals surface area contributed by atoms with Crippen molar-refractivity contribution in [3.63, 3.8) is 0 Å². The predicted octanol–water partition coefficient (Wildman–Crippen LogP) is 1.79. The summed E-state index contributed by atoms with van der Waals surface area (Å²) in [6, 6.07) is 0. The van der Waals surface area contributed by atoms with Crippen molar-refractivity contribution in [1.82, 2.24) is 16.0 Å². The summed E-state index contributed by atoms with van der Waals surface area (Å²) < 4.78 is 3.93. The van der Waals surface area contributed by atoms with Gasteiger partial charge in [0.25, 0.3) is 0 Å². The van der Waals surface area contributed by atoms with Crippen LogP contribution in [0.4, 0.5) is 0 Å². The van der Waals surface area contributed by atoms with E-state index in [1.807, 2.05) is 0 Å². The molecule has 3 atom stereocenters. The van der Waals surface area contributed by atoms with E-state index in [0.29, 0.717) is 12.0 Å². The summed E-state index contributed by atoms with van der Waals surface area (Å²) in [6.07, 6.45) is 8.12. The number of alkyl halides is 3.